The molecule has 96 valence electrons. The minimum Gasteiger partial charge on any atom is -0.299 e. The van der Waals surface area contributed by atoms with E-state index in [4.69, 9.17) is 11.6 Å². The molecular weight excluding hydrogens is 263 g/mol. The van der Waals surface area contributed by atoms with Gasteiger partial charge in [-0.1, -0.05) is 29.8 Å². The van der Waals surface area contributed by atoms with Gasteiger partial charge >= 0.3 is 0 Å². The standard InChI is InChI=1S/C15H12ClFN2/c1-10-2-4-11(5-3-10)15-13(8-16)19-9-12(17)6-7-14(19)18-15/h2-7,9H,8H2,1H3. The number of imidazole rings is 1. The molecule has 3 rings (SSSR count). The molecule has 0 bridgehead atoms. The second kappa shape index (κ2) is 4.67. The first-order valence-electron chi connectivity index (χ1n) is 5.98. The molecule has 0 saturated carbocycles. The van der Waals surface area contributed by atoms with Gasteiger partial charge in [0.15, 0.2) is 0 Å². The molecule has 0 spiro atoms. The maximum Gasteiger partial charge on any atom is 0.139 e. The lowest BCUT2D eigenvalue weighted by Gasteiger charge is -2.02. The molecule has 2 heterocycles. The molecular formula is C15H12ClFN2. The highest BCUT2D eigenvalue weighted by Gasteiger charge is 2.13. The van der Waals surface area contributed by atoms with Gasteiger partial charge in [-0.2, -0.15) is 0 Å². The summed E-state index contributed by atoms with van der Waals surface area (Å²) < 4.78 is 15.0. The molecule has 0 atom stereocenters. The molecule has 0 aliphatic rings. The van der Waals surface area contributed by atoms with Crippen LogP contribution in [-0.4, -0.2) is 9.38 Å². The summed E-state index contributed by atoms with van der Waals surface area (Å²) in [6, 6.07) is 11.1. The third kappa shape index (κ3) is 2.10. The quantitative estimate of drug-likeness (QED) is 0.641. The van der Waals surface area contributed by atoms with Gasteiger partial charge in [0.25, 0.3) is 0 Å². The largest absolute Gasteiger partial charge is 0.299 e. The number of benzene rings is 1. The number of alkyl halides is 1. The summed E-state index contributed by atoms with van der Waals surface area (Å²) in [4.78, 5) is 4.54. The Morgan fingerprint density at radius 2 is 1.89 bits per heavy atom. The average Bonchev–Trinajstić information content (AvgIpc) is 2.77. The first kappa shape index (κ1) is 12.2. The number of pyridine rings is 1. The zero-order valence-electron chi connectivity index (χ0n) is 10.4. The fourth-order valence-corrected chi connectivity index (χ4v) is 2.39. The summed E-state index contributed by atoms with van der Waals surface area (Å²) in [5, 5.41) is 0. The lowest BCUT2D eigenvalue weighted by Crippen LogP contribution is -1.92. The summed E-state index contributed by atoms with van der Waals surface area (Å²) >= 11 is 6.00. The van der Waals surface area contributed by atoms with Crippen LogP contribution in [0.15, 0.2) is 42.6 Å². The second-order valence-corrected chi connectivity index (χ2v) is 4.75. The Balaban J connectivity index is 2.25. The van der Waals surface area contributed by atoms with Crippen molar-refractivity contribution in [2.45, 2.75) is 12.8 Å². The highest BCUT2D eigenvalue weighted by Crippen LogP contribution is 2.26. The van der Waals surface area contributed by atoms with Crippen LogP contribution in [-0.2, 0) is 5.88 Å². The topological polar surface area (TPSA) is 17.3 Å². The average molecular weight is 275 g/mol. The molecule has 0 N–H and O–H groups in total. The van der Waals surface area contributed by atoms with Crippen molar-refractivity contribution in [1.29, 1.82) is 0 Å². The minimum atomic E-state index is -0.299. The van der Waals surface area contributed by atoms with Gasteiger partial charge in [0.1, 0.15) is 11.5 Å². The molecule has 0 amide bonds. The monoisotopic (exact) mass is 274 g/mol. The van der Waals surface area contributed by atoms with Crippen LogP contribution in [0.4, 0.5) is 4.39 Å². The summed E-state index contributed by atoms with van der Waals surface area (Å²) in [5.41, 5.74) is 4.49. The molecule has 0 radical (unpaired) electrons. The smallest absolute Gasteiger partial charge is 0.139 e. The maximum absolute atomic E-state index is 13.3. The third-order valence-corrected chi connectivity index (χ3v) is 3.39. The van der Waals surface area contributed by atoms with Gasteiger partial charge in [0.05, 0.1) is 17.3 Å². The number of nitrogens with zero attached hydrogens (tertiary/aromatic N) is 2. The number of rotatable bonds is 2. The van der Waals surface area contributed by atoms with Crippen molar-refractivity contribution < 1.29 is 4.39 Å². The van der Waals surface area contributed by atoms with Crippen molar-refractivity contribution in [3.63, 3.8) is 0 Å². The highest BCUT2D eigenvalue weighted by atomic mass is 35.5. The maximum atomic E-state index is 13.3. The van der Waals surface area contributed by atoms with Crippen LogP contribution in [0, 0.1) is 12.7 Å². The number of hydrogen-bond acceptors (Lipinski definition) is 1. The molecule has 1 aromatic carbocycles. The molecule has 3 aromatic rings. The number of aromatic nitrogens is 2. The van der Waals surface area contributed by atoms with E-state index in [1.54, 1.807) is 10.5 Å². The molecule has 0 aliphatic carbocycles. The molecule has 2 nitrogen and oxygen atoms in total. The first-order chi connectivity index (χ1) is 9.19. The van der Waals surface area contributed by atoms with Crippen molar-refractivity contribution in [2.24, 2.45) is 0 Å². The SMILES string of the molecule is Cc1ccc(-c2nc3ccc(F)cn3c2CCl)cc1. The van der Waals surface area contributed by atoms with Gasteiger partial charge in [-0.15, -0.1) is 11.6 Å². The lowest BCUT2D eigenvalue weighted by molar-refractivity contribution is 0.618. The van der Waals surface area contributed by atoms with Crippen molar-refractivity contribution in [3.8, 4) is 11.3 Å². The number of halogens is 2. The van der Waals surface area contributed by atoms with Crippen LogP contribution in [0.2, 0.25) is 0 Å². The Morgan fingerprint density at radius 3 is 2.58 bits per heavy atom. The van der Waals surface area contributed by atoms with E-state index in [0.29, 0.717) is 5.65 Å². The summed E-state index contributed by atoms with van der Waals surface area (Å²) in [6.07, 6.45) is 1.41. The van der Waals surface area contributed by atoms with Gasteiger partial charge in [0.2, 0.25) is 0 Å². The second-order valence-electron chi connectivity index (χ2n) is 4.48. The van der Waals surface area contributed by atoms with Crippen molar-refractivity contribution in [3.05, 3.63) is 59.7 Å². The Kier molecular flexibility index (Phi) is 2.99. The van der Waals surface area contributed by atoms with Crippen LogP contribution in [0.3, 0.4) is 0 Å². The van der Waals surface area contributed by atoms with Gasteiger partial charge in [0, 0.05) is 11.8 Å². The van der Waals surface area contributed by atoms with E-state index in [1.165, 1.54) is 17.8 Å². The van der Waals surface area contributed by atoms with Gasteiger partial charge < -0.3 is 0 Å². The first-order valence-corrected chi connectivity index (χ1v) is 6.52. The Bertz CT molecular complexity index is 732. The fourth-order valence-electron chi connectivity index (χ4n) is 2.14. The fraction of sp³-hybridized carbons (Fsp3) is 0.133. The zero-order valence-corrected chi connectivity index (χ0v) is 11.2. The summed E-state index contributed by atoms with van der Waals surface area (Å²) in [7, 11) is 0. The van der Waals surface area contributed by atoms with Crippen LogP contribution >= 0.6 is 11.6 Å². The number of hydrogen-bond donors (Lipinski definition) is 0. The lowest BCUT2D eigenvalue weighted by atomic mass is 10.1. The Labute approximate surface area is 115 Å². The minimum absolute atomic E-state index is 0.286. The molecule has 0 saturated heterocycles. The van der Waals surface area contributed by atoms with E-state index in [9.17, 15) is 4.39 Å². The Hall–Kier alpha value is -1.87. The van der Waals surface area contributed by atoms with Gasteiger partial charge in [-0.05, 0) is 19.1 Å². The molecule has 4 heteroatoms. The molecule has 19 heavy (non-hydrogen) atoms. The van der Waals surface area contributed by atoms with Crippen LogP contribution < -0.4 is 0 Å². The van der Waals surface area contributed by atoms with E-state index < -0.39 is 0 Å². The van der Waals surface area contributed by atoms with E-state index in [0.717, 1.165) is 17.0 Å². The molecule has 0 aliphatic heterocycles. The van der Waals surface area contributed by atoms with Gasteiger partial charge in [-0.3, -0.25) is 4.40 Å². The van der Waals surface area contributed by atoms with Crippen LogP contribution in [0.1, 0.15) is 11.3 Å². The van der Waals surface area contributed by atoms with E-state index in [2.05, 4.69) is 4.98 Å². The molecule has 2 aromatic heterocycles. The van der Waals surface area contributed by atoms with Crippen molar-refractivity contribution >= 4 is 17.2 Å². The van der Waals surface area contributed by atoms with Crippen LogP contribution in [0.5, 0.6) is 0 Å². The number of aryl methyl sites for hydroxylation is 1. The summed E-state index contributed by atoms with van der Waals surface area (Å²) in [6.45, 7) is 2.03. The Morgan fingerprint density at radius 1 is 1.16 bits per heavy atom. The van der Waals surface area contributed by atoms with E-state index in [-0.39, 0.29) is 11.7 Å². The van der Waals surface area contributed by atoms with Crippen molar-refractivity contribution in [1.82, 2.24) is 9.38 Å². The predicted octanol–water partition coefficient (Wildman–Crippen LogP) is 4.19. The normalized spacial score (nSPS) is 11.1. The summed E-state index contributed by atoms with van der Waals surface area (Å²) in [5.74, 6) is -0.0138. The highest BCUT2D eigenvalue weighted by molar-refractivity contribution is 6.17. The predicted molar refractivity (Wildman–Crippen MR) is 74.9 cm³/mol. The zero-order chi connectivity index (χ0) is 13.4. The van der Waals surface area contributed by atoms with Gasteiger partial charge in [-0.25, -0.2) is 9.37 Å². The van der Waals surface area contributed by atoms with E-state index >= 15 is 0 Å². The number of fused-ring (bicyclic) bond motifs is 1. The van der Waals surface area contributed by atoms with Crippen LogP contribution in [0.25, 0.3) is 16.9 Å². The third-order valence-electron chi connectivity index (χ3n) is 3.13. The van der Waals surface area contributed by atoms with Crippen molar-refractivity contribution in [2.75, 3.05) is 0 Å². The molecule has 0 unspecified atom stereocenters. The van der Waals surface area contributed by atoms with E-state index in [1.807, 2.05) is 31.2 Å². The molecule has 0 fully saturated rings.